The Morgan fingerprint density at radius 1 is 1.17 bits per heavy atom. The van der Waals surface area contributed by atoms with E-state index in [1.807, 2.05) is 43.3 Å². The Bertz CT molecular complexity index is 1130. The average molecular weight is 404 g/mol. The fraction of sp³-hybridized carbons (Fsp3) is 0.261. The highest BCUT2D eigenvalue weighted by molar-refractivity contribution is 5.96. The van der Waals surface area contributed by atoms with E-state index in [4.69, 9.17) is 9.47 Å². The van der Waals surface area contributed by atoms with Crippen molar-refractivity contribution in [3.8, 4) is 11.5 Å². The molecule has 3 aromatic rings. The molecule has 1 aliphatic rings. The molecule has 0 saturated carbocycles. The Morgan fingerprint density at radius 3 is 2.70 bits per heavy atom. The van der Waals surface area contributed by atoms with Crippen LogP contribution in [0.2, 0.25) is 0 Å². The van der Waals surface area contributed by atoms with Crippen molar-refractivity contribution in [3.05, 3.63) is 76.8 Å². The zero-order chi connectivity index (χ0) is 21.3. The van der Waals surface area contributed by atoms with E-state index in [0.29, 0.717) is 29.6 Å². The maximum Gasteiger partial charge on any atom is 0.226 e. The summed E-state index contributed by atoms with van der Waals surface area (Å²) in [5.74, 6) is 1.82. The van der Waals surface area contributed by atoms with Gasteiger partial charge in [0.25, 0.3) is 0 Å². The number of nitrogens with one attached hydrogen (secondary N) is 1. The number of methoxy groups -OCH3 is 1. The van der Waals surface area contributed by atoms with Crippen LogP contribution < -0.4 is 14.8 Å². The van der Waals surface area contributed by atoms with Crippen LogP contribution in [0, 0.1) is 6.92 Å². The monoisotopic (exact) mass is 404 g/mol. The lowest BCUT2D eigenvalue weighted by Gasteiger charge is -2.28. The van der Waals surface area contributed by atoms with Crippen LogP contribution in [0.4, 0.5) is 5.95 Å². The number of hydrogen-bond acceptors (Lipinski definition) is 6. The van der Waals surface area contributed by atoms with E-state index in [-0.39, 0.29) is 11.8 Å². The molecule has 1 N–H and O–H groups in total. The van der Waals surface area contributed by atoms with Crippen LogP contribution in [0.5, 0.6) is 11.5 Å². The molecule has 1 aromatic heterocycles. The fourth-order valence-electron chi connectivity index (χ4n) is 3.76. The molecular formula is C23H24N4O3. The van der Waals surface area contributed by atoms with Gasteiger partial charge < -0.3 is 14.8 Å². The molecule has 2 aromatic carbocycles. The molecule has 1 aliphatic heterocycles. The van der Waals surface area contributed by atoms with Gasteiger partial charge in [0.15, 0.2) is 17.3 Å². The van der Waals surface area contributed by atoms with Crippen LogP contribution in [0.15, 0.2) is 60.1 Å². The first kappa shape index (κ1) is 19.7. The summed E-state index contributed by atoms with van der Waals surface area (Å²) in [7, 11) is 1.61. The molecule has 0 saturated heterocycles. The molecule has 0 fully saturated rings. The minimum atomic E-state index is -0.388. The minimum absolute atomic E-state index is 0.0232. The minimum Gasteiger partial charge on any atom is -0.493 e. The molecule has 0 spiro atoms. The van der Waals surface area contributed by atoms with Crippen LogP contribution in [0.3, 0.4) is 0 Å². The lowest BCUT2D eigenvalue weighted by atomic mass is 9.93. The van der Waals surface area contributed by atoms with Crippen LogP contribution in [-0.2, 0) is 11.4 Å². The van der Waals surface area contributed by atoms with Crippen LogP contribution in [0.1, 0.15) is 36.6 Å². The maximum atomic E-state index is 12.4. The van der Waals surface area contributed by atoms with Gasteiger partial charge in [-0.3, -0.25) is 4.79 Å². The van der Waals surface area contributed by atoms with Gasteiger partial charge in [0.05, 0.1) is 7.11 Å². The first-order chi connectivity index (χ1) is 14.5. The lowest BCUT2D eigenvalue weighted by molar-refractivity contribution is -0.114. The Labute approximate surface area is 175 Å². The standard InChI is InChI=1S/C23H24N4O3/c1-14-7-5-6-8-18(14)12-30-19-10-9-17(11-20(19)29-4)22-21(16(3)28)15(2)26-23-24-13-25-27(22)23/h5-11,13,22H,12H2,1-4H3,(H,24,25,26)/t22-/m0/s1. The molecule has 0 radical (unpaired) electrons. The smallest absolute Gasteiger partial charge is 0.226 e. The Hall–Kier alpha value is -3.61. The number of fused-ring (bicyclic) bond motifs is 1. The normalized spacial score (nSPS) is 15.4. The van der Waals surface area contributed by atoms with E-state index in [0.717, 1.165) is 16.8 Å². The molecule has 30 heavy (non-hydrogen) atoms. The van der Waals surface area contributed by atoms with Gasteiger partial charge >= 0.3 is 0 Å². The zero-order valence-electron chi connectivity index (χ0n) is 17.5. The van der Waals surface area contributed by atoms with Gasteiger partial charge in [0, 0.05) is 11.3 Å². The van der Waals surface area contributed by atoms with E-state index in [1.54, 1.807) is 18.7 Å². The molecule has 4 rings (SSSR count). The van der Waals surface area contributed by atoms with Crippen molar-refractivity contribution in [1.29, 1.82) is 0 Å². The number of ketones is 1. The topological polar surface area (TPSA) is 78.3 Å². The Morgan fingerprint density at radius 2 is 1.97 bits per heavy atom. The van der Waals surface area contributed by atoms with E-state index in [9.17, 15) is 4.79 Å². The molecule has 7 nitrogen and oxygen atoms in total. The highest BCUT2D eigenvalue weighted by Crippen LogP contribution is 2.38. The number of carbonyl (C=O) groups is 1. The van der Waals surface area contributed by atoms with Crippen LogP contribution >= 0.6 is 0 Å². The third kappa shape index (κ3) is 3.54. The zero-order valence-corrected chi connectivity index (χ0v) is 17.5. The van der Waals surface area contributed by atoms with Crippen molar-refractivity contribution < 1.29 is 14.3 Å². The molecule has 1 atom stereocenters. The van der Waals surface area contributed by atoms with Crippen molar-refractivity contribution in [2.45, 2.75) is 33.4 Å². The molecule has 0 bridgehead atoms. The summed E-state index contributed by atoms with van der Waals surface area (Å²) in [6.45, 7) is 5.94. The van der Waals surface area contributed by atoms with Crippen LogP contribution in [0.25, 0.3) is 0 Å². The number of hydrogen-bond donors (Lipinski definition) is 1. The lowest BCUT2D eigenvalue weighted by Crippen LogP contribution is -2.27. The van der Waals surface area contributed by atoms with Gasteiger partial charge in [0.2, 0.25) is 5.95 Å². The molecule has 0 aliphatic carbocycles. The number of anilines is 1. The summed E-state index contributed by atoms with van der Waals surface area (Å²) in [6.07, 6.45) is 1.47. The molecule has 2 heterocycles. The predicted octanol–water partition coefficient (Wildman–Crippen LogP) is 4.05. The summed E-state index contributed by atoms with van der Waals surface area (Å²) in [4.78, 5) is 16.7. The summed E-state index contributed by atoms with van der Waals surface area (Å²) in [6, 6.07) is 13.4. The average Bonchev–Trinajstić information content (AvgIpc) is 3.20. The van der Waals surface area contributed by atoms with Gasteiger partial charge in [-0.15, -0.1) is 0 Å². The SMILES string of the molecule is COc1cc([C@H]2C(C(C)=O)=C(C)Nc3ncnn32)ccc1OCc1ccccc1C. The molecular weight excluding hydrogens is 380 g/mol. The van der Waals surface area contributed by atoms with Gasteiger partial charge in [-0.1, -0.05) is 30.3 Å². The Balaban J connectivity index is 1.69. The van der Waals surface area contributed by atoms with Crippen molar-refractivity contribution in [1.82, 2.24) is 14.8 Å². The van der Waals surface area contributed by atoms with Gasteiger partial charge in [-0.2, -0.15) is 10.1 Å². The molecule has 154 valence electrons. The second-order valence-corrected chi connectivity index (χ2v) is 7.28. The Kier molecular flexibility index (Phi) is 5.27. The highest BCUT2D eigenvalue weighted by atomic mass is 16.5. The molecule has 0 amide bonds. The number of aryl methyl sites for hydroxylation is 1. The van der Waals surface area contributed by atoms with Gasteiger partial charge in [-0.25, -0.2) is 4.68 Å². The molecule has 0 unspecified atom stereocenters. The third-order valence-corrected chi connectivity index (χ3v) is 5.32. The first-order valence-corrected chi connectivity index (χ1v) is 9.73. The highest BCUT2D eigenvalue weighted by Gasteiger charge is 2.32. The quantitative estimate of drug-likeness (QED) is 0.668. The van der Waals surface area contributed by atoms with E-state index < -0.39 is 0 Å². The van der Waals surface area contributed by atoms with Gasteiger partial charge in [0.1, 0.15) is 19.0 Å². The summed E-state index contributed by atoms with van der Waals surface area (Å²) in [5, 5.41) is 7.48. The summed E-state index contributed by atoms with van der Waals surface area (Å²) < 4.78 is 13.4. The summed E-state index contributed by atoms with van der Waals surface area (Å²) >= 11 is 0. The number of allylic oxidation sites excluding steroid dienone is 2. The fourth-order valence-corrected chi connectivity index (χ4v) is 3.76. The van der Waals surface area contributed by atoms with Crippen molar-refractivity contribution >= 4 is 11.7 Å². The maximum absolute atomic E-state index is 12.4. The number of ether oxygens (including phenoxy) is 2. The van der Waals surface area contributed by atoms with E-state index in [2.05, 4.69) is 28.4 Å². The van der Waals surface area contributed by atoms with E-state index >= 15 is 0 Å². The largest absolute Gasteiger partial charge is 0.493 e. The number of carbonyl (C=O) groups excluding carboxylic acids is 1. The predicted molar refractivity (Wildman–Crippen MR) is 114 cm³/mol. The first-order valence-electron chi connectivity index (χ1n) is 9.73. The second kappa shape index (κ2) is 8.02. The second-order valence-electron chi connectivity index (χ2n) is 7.28. The number of aromatic nitrogens is 3. The number of Topliss-reactive ketones (excluding diaryl/α,β-unsaturated/α-hetero) is 1. The number of rotatable bonds is 6. The molecule has 7 heteroatoms. The van der Waals surface area contributed by atoms with E-state index in [1.165, 1.54) is 11.9 Å². The summed E-state index contributed by atoms with van der Waals surface area (Å²) in [5.41, 5.74) is 4.57. The van der Waals surface area contributed by atoms with Crippen molar-refractivity contribution in [3.63, 3.8) is 0 Å². The van der Waals surface area contributed by atoms with Crippen molar-refractivity contribution in [2.75, 3.05) is 12.4 Å². The number of benzene rings is 2. The number of nitrogens with zero attached hydrogens (tertiary/aromatic N) is 3. The van der Waals surface area contributed by atoms with Crippen LogP contribution in [-0.4, -0.2) is 27.7 Å². The van der Waals surface area contributed by atoms with Crippen molar-refractivity contribution in [2.24, 2.45) is 0 Å². The third-order valence-electron chi connectivity index (χ3n) is 5.32. The van der Waals surface area contributed by atoms with Gasteiger partial charge in [-0.05, 0) is 49.6 Å².